The number of hydrogen-bond donors (Lipinski definition) is 1. The molecule has 0 atom stereocenters. The Morgan fingerprint density at radius 2 is 2.00 bits per heavy atom. The Morgan fingerprint density at radius 3 is 2.67 bits per heavy atom. The van der Waals surface area contributed by atoms with Crippen molar-refractivity contribution in [3.8, 4) is 6.01 Å². The minimum Gasteiger partial charge on any atom is -0.463 e. The Balaban J connectivity index is 2.66. The summed E-state index contributed by atoms with van der Waals surface area (Å²) in [5.41, 5.74) is 0. The van der Waals surface area contributed by atoms with Gasteiger partial charge in [0.2, 0.25) is 11.2 Å². The van der Waals surface area contributed by atoms with Gasteiger partial charge >= 0.3 is 6.01 Å². The van der Waals surface area contributed by atoms with Gasteiger partial charge in [-0.1, -0.05) is 13.8 Å². The number of rotatable bonds is 6. The maximum Gasteiger partial charge on any atom is 0.322 e. The van der Waals surface area contributed by atoms with Crippen LogP contribution in [0.4, 0.5) is 5.95 Å². The molecule has 0 saturated heterocycles. The standard InChI is InChI=1S/C9H15ClN4O/c1-3-5-11-8-12-7(10)13-9(14-8)15-6-4-2/h3-6H2,1-2H3,(H,11,12,13,14). The molecule has 0 aromatic carbocycles. The minimum absolute atomic E-state index is 0.148. The lowest BCUT2D eigenvalue weighted by atomic mass is 10.5. The Morgan fingerprint density at radius 1 is 1.20 bits per heavy atom. The summed E-state index contributed by atoms with van der Waals surface area (Å²) < 4.78 is 5.27. The quantitative estimate of drug-likeness (QED) is 0.811. The van der Waals surface area contributed by atoms with Crippen LogP contribution in [0.2, 0.25) is 5.28 Å². The molecular weight excluding hydrogens is 216 g/mol. The van der Waals surface area contributed by atoms with Gasteiger partial charge in [-0.25, -0.2) is 0 Å². The number of nitrogens with zero attached hydrogens (tertiary/aromatic N) is 3. The fourth-order valence-corrected chi connectivity index (χ4v) is 1.06. The molecule has 0 spiro atoms. The number of aromatic nitrogens is 3. The van der Waals surface area contributed by atoms with E-state index in [4.69, 9.17) is 16.3 Å². The average Bonchev–Trinajstić information content (AvgIpc) is 2.23. The van der Waals surface area contributed by atoms with E-state index in [0.717, 1.165) is 19.4 Å². The summed E-state index contributed by atoms with van der Waals surface area (Å²) in [7, 11) is 0. The molecule has 1 heterocycles. The van der Waals surface area contributed by atoms with Crippen LogP contribution in [0.5, 0.6) is 6.01 Å². The van der Waals surface area contributed by atoms with E-state index in [1.165, 1.54) is 0 Å². The summed E-state index contributed by atoms with van der Waals surface area (Å²) >= 11 is 5.73. The molecule has 1 rings (SSSR count). The number of anilines is 1. The van der Waals surface area contributed by atoms with Crippen LogP contribution in [0.25, 0.3) is 0 Å². The Labute approximate surface area is 94.2 Å². The summed E-state index contributed by atoms with van der Waals surface area (Å²) in [5, 5.41) is 3.17. The highest BCUT2D eigenvalue weighted by Gasteiger charge is 2.04. The van der Waals surface area contributed by atoms with Gasteiger partial charge in [0, 0.05) is 6.54 Å². The molecule has 1 aromatic heterocycles. The first-order chi connectivity index (χ1) is 7.26. The maximum absolute atomic E-state index is 5.73. The van der Waals surface area contributed by atoms with Crippen LogP contribution in [-0.4, -0.2) is 28.1 Å². The molecule has 0 aliphatic carbocycles. The molecule has 0 radical (unpaired) electrons. The van der Waals surface area contributed by atoms with E-state index in [1.807, 2.05) is 6.92 Å². The van der Waals surface area contributed by atoms with Gasteiger partial charge in [-0.15, -0.1) is 0 Å². The molecular formula is C9H15ClN4O. The first-order valence-corrected chi connectivity index (χ1v) is 5.42. The van der Waals surface area contributed by atoms with E-state index in [9.17, 15) is 0 Å². The zero-order chi connectivity index (χ0) is 11.1. The van der Waals surface area contributed by atoms with E-state index in [-0.39, 0.29) is 11.3 Å². The second kappa shape index (κ2) is 6.40. The third-order valence-electron chi connectivity index (χ3n) is 1.56. The van der Waals surface area contributed by atoms with Crippen LogP contribution in [-0.2, 0) is 0 Å². The van der Waals surface area contributed by atoms with Gasteiger partial charge in [-0.3, -0.25) is 0 Å². The molecule has 84 valence electrons. The van der Waals surface area contributed by atoms with Gasteiger partial charge in [0.1, 0.15) is 0 Å². The molecule has 1 N–H and O–H groups in total. The Hall–Kier alpha value is -1.10. The van der Waals surface area contributed by atoms with Crippen molar-refractivity contribution in [2.24, 2.45) is 0 Å². The summed E-state index contributed by atoms with van der Waals surface area (Å²) in [6.07, 6.45) is 1.90. The van der Waals surface area contributed by atoms with Crippen LogP contribution in [0.3, 0.4) is 0 Å². The van der Waals surface area contributed by atoms with Crippen LogP contribution in [0.15, 0.2) is 0 Å². The third-order valence-corrected chi connectivity index (χ3v) is 1.73. The topological polar surface area (TPSA) is 59.9 Å². The second-order valence-corrected chi connectivity index (χ2v) is 3.32. The zero-order valence-corrected chi connectivity index (χ0v) is 9.71. The van der Waals surface area contributed by atoms with Crippen molar-refractivity contribution in [2.75, 3.05) is 18.5 Å². The van der Waals surface area contributed by atoms with Gasteiger partial charge < -0.3 is 10.1 Å². The number of halogens is 1. The van der Waals surface area contributed by atoms with Crippen LogP contribution in [0.1, 0.15) is 26.7 Å². The SMILES string of the molecule is CCCNc1nc(Cl)nc(OCCC)n1. The van der Waals surface area contributed by atoms with Gasteiger partial charge in [-0.05, 0) is 24.4 Å². The van der Waals surface area contributed by atoms with Crippen LogP contribution >= 0.6 is 11.6 Å². The van der Waals surface area contributed by atoms with Crippen molar-refractivity contribution in [3.63, 3.8) is 0 Å². The normalized spacial score (nSPS) is 10.1. The zero-order valence-electron chi connectivity index (χ0n) is 8.96. The summed E-state index contributed by atoms with van der Waals surface area (Å²) in [5.74, 6) is 0.461. The summed E-state index contributed by atoms with van der Waals surface area (Å²) in [4.78, 5) is 11.9. The summed E-state index contributed by atoms with van der Waals surface area (Å²) in [6.45, 7) is 5.45. The van der Waals surface area contributed by atoms with Gasteiger partial charge in [0.15, 0.2) is 0 Å². The van der Waals surface area contributed by atoms with Gasteiger partial charge in [0.25, 0.3) is 0 Å². The maximum atomic E-state index is 5.73. The monoisotopic (exact) mass is 230 g/mol. The molecule has 0 bridgehead atoms. The van der Waals surface area contributed by atoms with E-state index in [2.05, 4.69) is 27.2 Å². The number of ether oxygens (including phenoxy) is 1. The van der Waals surface area contributed by atoms with Crippen molar-refractivity contribution >= 4 is 17.5 Å². The van der Waals surface area contributed by atoms with E-state index in [0.29, 0.717) is 12.6 Å². The molecule has 0 fully saturated rings. The van der Waals surface area contributed by atoms with E-state index in [1.54, 1.807) is 0 Å². The van der Waals surface area contributed by atoms with Crippen molar-refractivity contribution in [3.05, 3.63) is 5.28 Å². The molecule has 1 aromatic rings. The Bertz CT molecular complexity index is 282. The van der Waals surface area contributed by atoms with E-state index < -0.39 is 0 Å². The Kier molecular flexibility index (Phi) is 5.10. The molecule has 0 saturated carbocycles. The molecule has 0 aliphatic rings. The third kappa shape index (κ3) is 4.29. The van der Waals surface area contributed by atoms with Gasteiger partial charge in [-0.2, -0.15) is 15.0 Å². The highest BCUT2D eigenvalue weighted by molar-refractivity contribution is 6.28. The lowest BCUT2D eigenvalue weighted by Crippen LogP contribution is -2.08. The average molecular weight is 231 g/mol. The lowest BCUT2D eigenvalue weighted by Gasteiger charge is -2.05. The molecule has 6 heteroatoms. The van der Waals surface area contributed by atoms with Crippen molar-refractivity contribution in [1.29, 1.82) is 0 Å². The largest absolute Gasteiger partial charge is 0.463 e. The summed E-state index contributed by atoms with van der Waals surface area (Å²) in [6, 6.07) is 0.274. The first kappa shape index (κ1) is 12.0. The second-order valence-electron chi connectivity index (χ2n) is 2.99. The molecule has 0 aliphatic heterocycles. The van der Waals surface area contributed by atoms with Gasteiger partial charge in [0.05, 0.1) is 6.61 Å². The highest BCUT2D eigenvalue weighted by atomic mass is 35.5. The fourth-order valence-electron chi connectivity index (χ4n) is 0.906. The number of nitrogens with one attached hydrogen (secondary N) is 1. The van der Waals surface area contributed by atoms with Crippen LogP contribution < -0.4 is 10.1 Å². The smallest absolute Gasteiger partial charge is 0.322 e. The predicted molar refractivity (Wildman–Crippen MR) is 59.4 cm³/mol. The van der Waals surface area contributed by atoms with Crippen molar-refractivity contribution in [2.45, 2.75) is 26.7 Å². The predicted octanol–water partition coefficient (Wildman–Crippen LogP) is 2.14. The lowest BCUT2D eigenvalue weighted by molar-refractivity contribution is 0.291. The van der Waals surface area contributed by atoms with E-state index >= 15 is 0 Å². The molecule has 0 amide bonds. The fraction of sp³-hybridized carbons (Fsp3) is 0.667. The minimum atomic E-state index is 0.148. The van der Waals surface area contributed by atoms with Crippen molar-refractivity contribution < 1.29 is 4.74 Å². The molecule has 0 unspecified atom stereocenters. The molecule has 5 nitrogen and oxygen atoms in total. The molecule has 15 heavy (non-hydrogen) atoms. The number of hydrogen-bond acceptors (Lipinski definition) is 5. The van der Waals surface area contributed by atoms with Crippen LogP contribution in [0, 0.1) is 0 Å². The highest BCUT2D eigenvalue weighted by Crippen LogP contribution is 2.11. The van der Waals surface area contributed by atoms with Crippen molar-refractivity contribution in [1.82, 2.24) is 15.0 Å². The first-order valence-electron chi connectivity index (χ1n) is 5.04.